The second kappa shape index (κ2) is 22.5. The van der Waals surface area contributed by atoms with Crippen molar-refractivity contribution in [3.05, 3.63) is 12.7 Å². The van der Waals surface area contributed by atoms with Gasteiger partial charge < -0.3 is 29.2 Å². The molecule has 0 aromatic carbocycles. The van der Waals surface area contributed by atoms with Gasteiger partial charge in [-0.3, -0.25) is 9.59 Å². The quantitative estimate of drug-likeness (QED) is 0.302. The fourth-order valence-corrected chi connectivity index (χ4v) is 3.67. The zero-order valence-corrected chi connectivity index (χ0v) is 21.1. The van der Waals surface area contributed by atoms with E-state index in [0.29, 0.717) is 52.0 Å². The Morgan fingerprint density at radius 2 is 1.57 bits per heavy atom. The number of nitrogens with one attached hydrogen (secondary N) is 1. The number of ether oxygens (including phenoxy) is 4. The molecule has 0 spiro atoms. The molecule has 2 fully saturated rings. The van der Waals surface area contributed by atoms with Gasteiger partial charge in [0.05, 0.1) is 12.2 Å². The molecular formula is C25H43ClN4O7. The number of carbonyl (C=O) groups excluding carboxylic acids is 3. The number of halogens is 1. The van der Waals surface area contributed by atoms with Crippen LogP contribution in [-0.4, -0.2) is 86.6 Å². The number of hydrogen-bond donors (Lipinski definition) is 1. The Morgan fingerprint density at radius 1 is 1.00 bits per heavy atom. The van der Waals surface area contributed by atoms with E-state index in [1.54, 1.807) is 18.2 Å². The Balaban J connectivity index is -0.000000607. The van der Waals surface area contributed by atoms with E-state index >= 15 is 0 Å². The Labute approximate surface area is 227 Å². The van der Waals surface area contributed by atoms with Gasteiger partial charge in [-0.05, 0) is 20.3 Å². The van der Waals surface area contributed by atoms with Gasteiger partial charge in [0.15, 0.2) is 13.2 Å². The highest BCUT2D eigenvalue weighted by Gasteiger charge is 2.40. The minimum atomic E-state index is -0.655. The number of carbonyl (C=O) groups is 3. The van der Waals surface area contributed by atoms with Crippen LogP contribution in [0.1, 0.15) is 54.4 Å². The fourth-order valence-electron chi connectivity index (χ4n) is 3.67. The minimum absolute atomic E-state index is 0. The Bertz CT molecular complexity index is 769. The molecule has 0 saturated carbocycles. The van der Waals surface area contributed by atoms with Gasteiger partial charge in [-0.15, -0.1) is 19.0 Å². The lowest BCUT2D eigenvalue weighted by atomic mass is 10.2. The molecule has 0 aromatic heterocycles. The van der Waals surface area contributed by atoms with Crippen LogP contribution < -0.4 is 5.32 Å². The Hall–Kier alpha value is -2.70. The van der Waals surface area contributed by atoms with Gasteiger partial charge in [0.2, 0.25) is 5.91 Å². The van der Waals surface area contributed by atoms with Gasteiger partial charge in [0, 0.05) is 45.6 Å². The molecule has 11 nitrogen and oxygen atoms in total. The molecule has 0 aromatic rings. The highest BCUT2D eigenvalue weighted by atomic mass is 35.5. The molecule has 0 unspecified atom stereocenters. The lowest BCUT2D eigenvalue weighted by Gasteiger charge is -2.22. The molecule has 2 aliphatic rings. The van der Waals surface area contributed by atoms with Gasteiger partial charge in [-0.25, -0.2) is 4.79 Å². The number of amides is 1. The second-order valence-electron chi connectivity index (χ2n) is 7.51. The van der Waals surface area contributed by atoms with Gasteiger partial charge in [0.25, 0.3) is 0 Å². The summed E-state index contributed by atoms with van der Waals surface area (Å²) in [6.45, 7) is 9.10. The highest BCUT2D eigenvalue weighted by molar-refractivity contribution is 5.86. The Morgan fingerprint density at radius 3 is 2.11 bits per heavy atom. The van der Waals surface area contributed by atoms with Crippen LogP contribution in [0.25, 0.3) is 0 Å². The first-order chi connectivity index (χ1) is 16.4. The van der Waals surface area contributed by atoms with Gasteiger partial charge in [-0.2, -0.15) is 10.5 Å². The van der Waals surface area contributed by atoms with E-state index in [2.05, 4.69) is 16.6 Å². The maximum Gasteiger partial charge on any atom is 0.329 e. The summed E-state index contributed by atoms with van der Waals surface area (Å²) < 4.78 is 20.3. The van der Waals surface area contributed by atoms with Crippen LogP contribution >= 0.6 is 12.4 Å². The molecule has 0 aliphatic carbocycles. The molecule has 2 heterocycles. The van der Waals surface area contributed by atoms with Crippen molar-refractivity contribution in [3.63, 3.8) is 0 Å². The van der Waals surface area contributed by atoms with E-state index in [0.717, 1.165) is 0 Å². The molecular weight excluding hydrogens is 504 g/mol. The van der Waals surface area contributed by atoms with Crippen molar-refractivity contribution in [2.75, 3.05) is 39.5 Å². The summed E-state index contributed by atoms with van der Waals surface area (Å²) in [7, 11) is 0. The molecule has 212 valence electrons. The largest absolute Gasteiger partial charge is 0.449 e. The van der Waals surface area contributed by atoms with Crippen molar-refractivity contribution >= 4 is 30.3 Å². The van der Waals surface area contributed by atoms with Crippen LogP contribution in [0.5, 0.6) is 0 Å². The van der Waals surface area contributed by atoms with E-state index in [9.17, 15) is 14.4 Å². The van der Waals surface area contributed by atoms with Crippen molar-refractivity contribution in [2.45, 2.75) is 78.7 Å². The summed E-state index contributed by atoms with van der Waals surface area (Å²) in [5.41, 5.74) is 0. The van der Waals surface area contributed by atoms with Crippen LogP contribution in [0.2, 0.25) is 0 Å². The van der Waals surface area contributed by atoms with Gasteiger partial charge >= 0.3 is 11.9 Å². The van der Waals surface area contributed by atoms with E-state index in [4.69, 9.17) is 24.7 Å². The summed E-state index contributed by atoms with van der Waals surface area (Å²) in [5, 5.41) is 19.7. The molecule has 1 N–H and O–H groups in total. The van der Waals surface area contributed by atoms with Gasteiger partial charge in [0.1, 0.15) is 24.2 Å². The van der Waals surface area contributed by atoms with Crippen molar-refractivity contribution in [2.24, 2.45) is 0 Å². The first-order valence-electron chi connectivity index (χ1n) is 11.4. The van der Waals surface area contributed by atoms with E-state index in [-0.39, 0.29) is 70.6 Å². The summed E-state index contributed by atoms with van der Waals surface area (Å²) in [6.07, 6.45) is 3.50. The van der Waals surface area contributed by atoms with Crippen LogP contribution in [0.3, 0.4) is 0 Å². The smallest absolute Gasteiger partial charge is 0.329 e. The van der Waals surface area contributed by atoms with Crippen LogP contribution in [-0.2, 0) is 33.3 Å². The zero-order chi connectivity index (χ0) is 25.3. The molecule has 0 bridgehead atoms. The molecule has 2 saturated heterocycles. The lowest BCUT2D eigenvalue weighted by Crippen LogP contribution is -2.41. The summed E-state index contributed by atoms with van der Waals surface area (Å²) in [6, 6.07) is 2.53. The third-order valence-corrected chi connectivity index (χ3v) is 5.16. The molecule has 2 aliphatic heterocycles. The van der Waals surface area contributed by atoms with Crippen molar-refractivity contribution in [1.82, 2.24) is 10.2 Å². The predicted molar refractivity (Wildman–Crippen MR) is 141 cm³/mol. The molecule has 2 rings (SSSR count). The third-order valence-electron chi connectivity index (χ3n) is 5.16. The number of nitriles is 2. The number of esters is 2. The predicted octanol–water partition coefficient (Wildman–Crippen LogP) is 2.54. The molecule has 0 radical (unpaired) electrons. The minimum Gasteiger partial charge on any atom is -0.449 e. The SMILES string of the molecule is C.C.C=CCCC(=O)N1C[C@H](OCC)C[C@H]1C(=O)OCC#N.CCO[C@H]1CN[C@H](C(=O)OCC#N)C1.Cl. The normalized spacial score (nSPS) is 21.2. The number of nitrogens with zero attached hydrogens (tertiary/aromatic N) is 3. The van der Waals surface area contributed by atoms with Crippen LogP contribution in [0.4, 0.5) is 0 Å². The topological polar surface area (TPSA) is 151 Å². The van der Waals surface area contributed by atoms with E-state index < -0.39 is 12.0 Å². The molecule has 37 heavy (non-hydrogen) atoms. The monoisotopic (exact) mass is 546 g/mol. The molecule has 1 amide bonds. The second-order valence-corrected chi connectivity index (χ2v) is 7.51. The number of likely N-dealkylation sites (tertiary alicyclic amines) is 1. The summed E-state index contributed by atoms with van der Waals surface area (Å²) in [5.74, 6) is -1.03. The number of hydrogen-bond acceptors (Lipinski definition) is 10. The highest BCUT2D eigenvalue weighted by Crippen LogP contribution is 2.23. The Kier molecular flexibility index (Phi) is 23.6. The molecule has 12 heteroatoms. The maximum atomic E-state index is 12.1. The van der Waals surface area contributed by atoms with Crippen molar-refractivity contribution in [1.29, 1.82) is 10.5 Å². The number of rotatable bonds is 11. The summed E-state index contributed by atoms with van der Waals surface area (Å²) >= 11 is 0. The average Bonchev–Trinajstić information content (AvgIpc) is 3.48. The molecule has 4 atom stereocenters. The van der Waals surface area contributed by atoms with E-state index in [1.165, 1.54) is 4.90 Å². The number of allylic oxidation sites excluding steroid dienone is 1. The van der Waals surface area contributed by atoms with Crippen LogP contribution in [0, 0.1) is 22.7 Å². The fraction of sp³-hybridized carbons (Fsp3) is 0.720. The van der Waals surface area contributed by atoms with Crippen LogP contribution in [0.15, 0.2) is 12.7 Å². The van der Waals surface area contributed by atoms with Gasteiger partial charge in [-0.1, -0.05) is 20.9 Å². The van der Waals surface area contributed by atoms with E-state index in [1.807, 2.05) is 13.8 Å². The van der Waals surface area contributed by atoms with Crippen molar-refractivity contribution < 1.29 is 33.3 Å². The maximum absolute atomic E-state index is 12.1. The zero-order valence-electron chi connectivity index (χ0n) is 20.3. The summed E-state index contributed by atoms with van der Waals surface area (Å²) in [4.78, 5) is 36.7. The first kappa shape index (κ1) is 38.8. The van der Waals surface area contributed by atoms with Crippen molar-refractivity contribution in [3.8, 4) is 12.1 Å². The first-order valence-corrected chi connectivity index (χ1v) is 11.4. The average molecular weight is 547 g/mol. The standard InChI is InChI=1S/C14H20N2O4.C9H14N2O3.2CH4.ClH/c1-3-5-6-13(17)16-10-11(19-4-2)9-12(16)14(18)20-8-7-15;1-2-13-7-5-8(11-6-7)9(12)14-4-3-10;;;/h3,11-12H,1,4-6,8-10H2,2H3;7-8,11H,2,4-6H2,1H3;2*1H4;1H/t11-,12+;7-,8+;;;/m11.../s1. The third kappa shape index (κ3) is 14.0. The lowest BCUT2D eigenvalue weighted by molar-refractivity contribution is -0.152.